The number of fused-ring (bicyclic) bond motifs is 2. The second-order valence-electron chi connectivity index (χ2n) is 14.7. The summed E-state index contributed by atoms with van der Waals surface area (Å²) in [4.78, 5) is 0. The molecule has 0 atom stereocenters. The fourth-order valence-electron chi connectivity index (χ4n) is 8.68. The molecule has 4 aromatic carbocycles. The number of allylic oxidation sites excluding steroid dienone is 2. The highest BCUT2D eigenvalue weighted by Gasteiger charge is 2.43. The summed E-state index contributed by atoms with van der Waals surface area (Å²) in [6.07, 6.45) is 14.4. The van der Waals surface area contributed by atoms with Gasteiger partial charge in [0.2, 0.25) is 0 Å². The van der Waals surface area contributed by atoms with Gasteiger partial charge in [0.05, 0.1) is 0 Å². The van der Waals surface area contributed by atoms with Crippen LogP contribution in [0.4, 0.5) is 0 Å². The Hall–Kier alpha value is -3.42. The van der Waals surface area contributed by atoms with E-state index in [0.717, 1.165) is 25.7 Å². The number of unbranched alkanes of at least 4 members (excludes halogenated alkanes) is 2. The van der Waals surface area contributed by atoms with E-state index in [1.165, 1.54) is 84.7 Å². The summed E-state index contributed by atoms with van der Waals surface area (Å²) in [5.41, 5.74) is 18.3. The monoisotopic (exact) mass is 636 g/mol. The second kappa shape index (κ2) is 14.8. The Bertz CT molecular complexity index is 1630. The molecular weight excluding hydrogens is 581 g/mol. The summed E-state index contributed by atoms with van der Waals surface area (Å²) in [7, 11) is -2.18. The Balaban J connectivity index is 1.54. The predicted molar refractivity (Wildman–Crippen MR) is 210 cm³/mol. The van der Waals surface area contributed by atoms with Crippen LogP contribution in [-0.2, 0) is 25.7 Å². The fourth-order valence-corrected chi connectivity index (χ4v) is 13.0. The molecule has 6 rings (SSSR count). The lowest BCUT2D eigenvalue weighted by molar-refractivity contribution is 0.778. The normalized spacial score (nSPS) is 14.3. The molecule has 0 saturated carbocycles. The molecule has 0 spiro atoms. The summed E-state index contributed by atoms with van der Waals surface area (Å²) >= 11 is 0. The molecule has 0 fully saturated rings. The van der Waals surface area contributed by atoms with Crippen LogP contribution in [0.5, 0.6) is 0 Å². The first-order valence-corrected chi connectivity index (χ1v) is 21.8. The lowest BCUT2D eigenvalue weighted by Crippen LogP contribution is -2.32. The van der Waals surface area contributed by atoms with E-state index >= 15 is 0 Å². The van der Waals surface area contributed by atoms with Crippen molar-refractivity contribution < 1.29 is 0 Å². The molecule has 4 aromatic rings. The number of aryl methyl sites for hydroxylation is 2. The molecule has 2 aliphatic rings. The minimum absolute atomic E-state index is 1.12. The van der Waals surface area contributed by atoms with Gasteiger partial charge in [0, 0.05) is 0 Å². The third-order valence-electron chi connectivity index (χ3n) is 10.8. The van der Waals surface area contributed by atoms with E-state index in [4.69, 9.17) is 0 Å². The van der Waals surface area contributed by atoms with Crippen LogP contribution < -0.4 is 0 Å². The number of hydrogen-bond donors (Lipinski definition) is 0. The predicted octanol–water partition coefficient (Wildman–Crippen LogP) is 13.4. The van der Waals surface area contributed by atoms with Gasteiger partial charge in [-0.1, -0.05) is 163 Å². The molecule has 0 saturated heterocycles. The van der Waals surface area contributed by atoms with Crippen molar-refractivity contribution in [3.63, 3.8) is 0 Å². The van der Waals surface area contributed by atoms with E-state index < -0.39 is 8.07 Å². The summed E-state index contributed by atoms with van der Waals surface area (Å²) in [5, 5.41) is 3.50. The quantitative estimate of drug-likeness (QED) is 0.121. The average molecular weight is 637 g/mol. The highest BCUT2D eigenvalue weighted by Crippen LogP contribution is 2.53. The van der Waals surface area contributed by atoms with Gasteiger partial charge in [-0.3, -0.25) is 0 Å². The van der Waals surface area contributed by atoms with Crippen LogP contribution in [0, 0.1) is 0 Å². The lowest BCUT2D eigenvalue weighted by Gasteiger charge is -2.33. The maximum absolute atomic E-state index is 2.71. The van der Waals surface area contributed by atoms with E-state index in [2.05, 4.69) is 126 Å². The Morgan fingerprint density at radius 2 is 0.872 bits per heavy atom. The minimum Gasteiger partial charge on any atom is -0.0655 e. The lowest BCUT2D eigenvalue weighted by atomic mass is 9.95. The molecule has 2 aliphatic carbocycles. The second-order valence-corrected chi connectivity index (χ2v) is 19.0. The standard InChI is InChI=1S/C46H56Si/c1-7-11-17-39-31-37-19-13-21-41(35-27-23-33(15-9-3)24-28-35)43(37)45(39)47(5,6)46-40(18-12-8-2)32-38-20-14-22-42(44(38)46)36-29-25-34(16-10-4)26-30-36/h13-14,19-30H,7-12,15-18,31-32H2,1-6H3. The van der Waals surface area contributed by atoms with Gasteiger partial charge >= 0.3 is 0 Å². The van der Waals surface area contributed by atoms with Gasteiger partial charge in [-0.05, 0) is 117 Å². The van der Waals surface area contributed by atoms with Crippen LogP contribution in [-0.4, -0.2) is 8.07 Å². The molecule has 244 valence electrons. The van der Waals surface area contributed by atoms with Gasteiger partial charge in [0.1, 0.15) is 8.07 Å². The van der Waals surface area contributed by atoms with Crippen molar-refractivity contribution in [3.8, 4) is 22.3 Å². The smallest absolute Gasteiger partial charge is 0.0655 e. The van der Waals surface area contributed by atoms with Crippen LogP contribution in [0.2, 0.25) is 13.1 Å². The highest BCUT2D eigenvalue weighted by atomic mass is 28.3. The average Bonchev–Trinajstić information content (AvgIpc) is 3.67. The topological polar surface area (TPSA) is 0 Å². The summed E-state index contributed by atoms with van der Waals surface area (Å²) < 4.78 is 0. The number of hydrogen-bond acceptors (Lipinski definition) is 0. The minimum atomic E-state index is -2.18. The van der Waals surface area contributed by atoms with Crippen LogP contribution in [0.25, 0.3) is 32.6 Å². The maximum atomic E-state index is 2.71. The third kappa shape index (κ3) is 6.66. The van der Waals surface area contributed by atoms with Crippen LogP contribution in [0.3, 0.4) is 0 Å². The van der Waals surface area contributed by atoms with Crippen molar-refractivity contribution >= 4 is 18.5 Å². The van der Waals surface area contributed by atoms with Gasteiger partial charge in [-0.15, -0.1) is 0 Å². The first-order chi connectivity index (χ1) is 22.9. The fraction of sp³-hybridized carbons (Fsp3) is 0.391. The summed E-state index contributed by atoms with van der Waals surface area (Å²) in [6, 6.07) is 33.4. The zero-order valence-corrected chi connectivity index (χ0v) is 31.1. The van der Waals surface area contributed by atoms with E-state index in [9.17, 15) is 0 Å². The molecule has 0 aliphatic heterocycles. The summed E-state index contributed by atoms with van der Waals surface area (Å²) in [6.45, 7) is 14.7. The van der Waals surface area contributed by atoms with Crippen LogP contribution >= 0.6 is 0 Å². The van der Waals surface area contributed by atoms with Crippen molar-refractivity contribution in [2.24, 2.45) is 0 Å². The zero-order valence-electron chi connectivity index (χ0n) is 30.1. The van der Waals surface area contributed by atoms with Crippen molar-refractivity contribution in [2.45, 2.75) is 118 Å². The largest absolute Gasteiger partial charge is 0.113 e. The first kappa shape index (κ1) is 33.5. The molecule has 0 nitrogen and oxygen atoms in total. The number of rotatable bonds is 14. The van der Waals surface area contributed by atoms with Gasteiger partial charge in [-0.25, -0.2) is 0 Å². The van der Waals surface area contributed by atoms with Gasteiger partial charge < -0.3 is 0 Å². The zero-order chi connectivity index (χ0) is 33.0. The van der Waals surface area contributed by atoms with E-state index in [-0.39, 0.29) is 0 Å². The highest BCUT2D eigenvalue weighted by molar-refractivity contribution is 7.09. The van der Waals surface area contributed by atoms with E-state index in [0.29, 0.717) is 0 Å². The molecule has 1 heteroatoms. The van der Waals surface area contributed by atoms with Crippen molar-refractivity contribution in [1.29, 1.82) is 0 Å². The molecule has 0 heterocycles. The Kier molecular flexibility index (Phi) is 10.5. The van der Waals surface area contributed by atoms with Gasteiger partial charge in [-0.2, -0.15) is 0 Å². The third-order valence-corrected chi connectivity index (χ3v) is 14.5. The van der Waals surface area contributed by atoms with Crippen molar-refractivity contribution in [2.75, 3.05) is 0 Å². The van der Waals surface area contributed by atoms with Crippen molar-refractivity contribution in [1.82, 2.24) is 0 Å². The Morgan fingerprint density at radius 1 is 0.468 bits per heavy atom. The maximum Gasteiger partial charge on any atom is 0.113 e. The van der Waals surface area contributed by atoms with Crippen LogP contribution in [0.15, 0.2) is 96.1 Å². The number of benzene rings is 4. The Labute approximate surface area is 287 Å². The first-order valence-electron chi connectivity index (χ1n) is 18.8. The van der Waals surface area contributed by atoms with Crippen molar-refractivity contribution in [3.05, 3.63) is 129 Å². The van der Waals surface area contributed by atoms with E-state index in [1.807, 2.05) is 0 Å². The molecule has 0 unspecified atom stereocenters. The molecular formula is C46H56Si. The molecule has 0 aromatic heterocycles. The van der Waals surface area contributed by atoms with Gasteiger partial charge in [0.25, 0.3) is 0 Å². The van der Waals surface area contributed by atoms with Gasteiger partial charge in [0.15, 0.2) is 0 Å². The SMILES string of the molecule is CCCCC1=C([Si](C)(C)C2=C(CCCC)Cc3cccc(-c4ccc(CCC)cc4)c32)c2c(cccc2-c2ccc(CCC)cc2)C1. The molecule has 47 heavy (non-hydrogen) atoms. The van der Waals surface area contributed by atoms with Crippen LogP contribution in [0.1, 0.15) is 112 Å². The summed E-state index contributed by atoms with van der Waals surface area (Å²) in [5.74, 6) is 0. The Morgan fingerprint density at radius 3 is 1.23 bits per heavy atom. The molecule has 0 radical (unpaired) electrons. The molecule has 0 amide bonds. The molecule has 0 bridgehead atoms. The van der Waals surface area contributed by atoms with E-state index in [1.54, 1.807) is 43.8 Å². The molecule has 0 N–H and O–H groups in total.